The summed E-state index contributed by atoms with van der Waals surface area (Å²) in [6.45, 7) is 11.6. The van der Waals surface area contributed by atoms with Crippen LogP contribution >= 0.6 is 11.6 Å². The number of alkyl halides is 1. The summed E-state index contributed by atoms with van der Waals surface area (Å²) in [5, 5.41) is 0. The summed E-state index contributed by atoms with van der Waals surface area (Å²) in [6.07, 6.45) is 2.47. The predicted octanol–water partition coefficient (Wildman–Crippen LogP) is 7.80. The van der Waals surface area contributed by atoms with Gasteiger partial charge in [-0.1, -0.05) is 0 Å². The van der Waals surface area contributed by atoms with Crippen LogP contribution in [0.3, 0.4) is 0 Å². The fraction of sp³-hybridized carbons (Fsp3) is 0.536. The Balaban J connectivity index is 0.000000274. The van der Waals surface area contributed by atoms with Crippen molar-refractivity contribution in [2.45, 2.75) is 82.8 Å². The van der Waals surface area contributed by atoms with Gasteiger partial charge in [0.2, 0.25) is 0 Å². The van der Waals surface area contributed by atoms with Crippen LogP contribution in [0.2, 0.25) is 0 Å². The van der Waals surface area contributed by atoms with Gasteiger partial charge in [-0.25, -0.2) is 30.3 Å². The van der Waals surface area contributed by atoms with Crippen molar-refractivity contribution in [2.75, 3.05) is 12.4 Å². The molecule has 11 heteroatoms. The molecule has 0 spiro atoms. The zero-order valence-electron chi connectivity index (χ0n) is 23.2. The standard InChI is InChI=1S/C14H18ClF2NOS.C14H19F2NOS/c1-14(2,3)20(19)18-13(5-4-8-15)11-9-10(16)6-7-12(11)17;1-14(2,3)19(18)17-8-4-5-13(17)11-9-10(15)6-7-12(11)16/h6-7,9H,4-5,8H2,1-3H3;6-7,9,13H,4-5,8H2,1-3H3/t20-;13-,19-/m00/s1. The number of rotatable bonds is 7. The van der Waals surface area contributed by atoms with E-state index in [2.05, 4.69) is 4.40 Å². The minimum absolute atomic E-state index is 0.0488. The van der Waals surface area contributed by atoms with Crippen molar-refractivity contribution in [1.29, 1.82) is 0 Å². The van der Waals surface area contributed by atoms with Crippen LogP contribution in [0.1, 0.15) is 84.4 Å². The van der Waals surface area contributed by atoms with Gasteiger partial charge in [-0.05, 0) is 104 Å². The van der Waals surface area contributed by atoms with Crippen LogP contribution in [0.4, 0.5) is 17.6 Å². The Kier molecular flexibility index (Phi) is 12.3. The van der Waals surface area contributed by atoms with Gasteiger partial charge in [-0.15, -0.1) is 11.6 Å². The Hall–Kier alpha value is -1.62. The Morgan fingerprint density at radius 1 is 0.949 bits per heavy atom. The van der Waals surface area contributed by atoms with Gasteiger partial charge in [0.25, 0.3) is 0 Å². The molecule has 0 saturated carbocycles. The number of benzene rings is 2. The van der Waals surface area contributed by atoms with Crippen LogP contribution in [0.5, 0.6) is 0 Å². The summed E-state index contributed by atoms with van der Waals surface area (Å²) >= 11 is 5.63. The molecule has 0 amide bonds. The molecule has 1 aliphatic rings. The highest BCUT2D eigenvalue weighted by atomic mass is 35.5. The molecule has 218 valence electrons. The van der Waals surface area contributed by atoms with Gasteiger partial charge in [0.05, 0.1) is 21.2 Å². The minimum Gasteiger partial charge on any atom is -0.242 e. The topological polar surface area (TPSA) is 49.7 Å². The molecule has 0 radical (unpaired) electrons. The van der Waals surface area contributed by atoms with E-state index in [4.69, 9.17) is 11.6 Å². The van der Waals surface area contributed by atoms with Gasteiger partial charge in [-0.2, -0.15) is 4.40 Å². The SMILES string of the molecule is CC(C)(C)[S@](=O)N1CCC[C@H]1c1cc(F)ccc1F.CC(C)(C)[S@](=O)N=C(CCCCl)c1cc(F)ccc1F. The maximum absolute atomic E-state index is 13.9. The van der Waals surface area contributed by atoms with E-state index < -0.39 is 54.7 Å². The van der Waals surface area contributed by atoms with E-state index in [0.717, 1.165) is 36.8 Å². The van der Waals surface area contributed by atoms with Crippen LogP contribution in [0.25, 0.3) is 0 Å². The monoisotopic (exact) mass is 608 g/mol. The minimum atomic E-state index is -1.53. The first kappa shape index (κ1) is 33.6. The number of hydrogen-bond acceptors (Lipinski definition) is 2. The molecule has 2 aromatic rings. The van der Waals surface area contributed by atoms with Crippen LogP contribution in [0, 0.1) is 23.3 Å². The molecule has 1 heterocycles. The maximum atomic E-state index is 13.9. The molecule has 3 rings (SSSR count). The number of halogens is 5. The highest BCUT2D eigenvalue weighted by Gasteiger charge is 2.36. The van der Waals surface area contributed by atoms with Crippen LogP contribution in [0.15, 0.2) is 40.8 Å². The molecular weight excluding hydrogens is 572 g/mol. The summed E-state index contributed by atoms with van der Waals surface area (Å²) < 4.78 is 83.7. The molecule has 39 heavy (non-hydrogen) atoms. The Morgan fingerprint density at radius 3 is 2.10 bits per heavy atom. The molecule has 0 aromatic heterocycles. The lowest BCUT2D eigenvalue weighted by Gasteiger charge is -2.30. The molecule has 1 fully saturated rings. The Labute approximate surface area is 239 Å². The molecule has 3 atom stereocenters. The molecular formula is C28H37ClF4N2O2S2. The van der Waals surface area contributed by atoms with Crippen molar-refractivity contribution in [1.82, 2.24) is 4.31 Å². The summed E-state index contributed by atoms with van der Waals surface area (Å²) in [6, 6.07) is 6.33. The molecule has 1 aliphatic heterocycles. The molecule has 0 unspecified atom stereocenters. The van der Waals surface area contributed by atoms with E-state index in [-0.39, 0.29) is 17.3 Å². The Morgan fingerprint density at radius 2 is 1.54 bits per heavy atom. The highest BCUT2D eigenvalue weighted by molar-refractivity contribution is 7.85. The average Bonchev–Trinajstić information content (AvgIpc) is 3.33. The fourth-order valence-corrected chi connectivity index (χ4v) is 6.04. The van der Waals surface area contributed by atoms with Gasteiger partial charge in [0, 0.05) is 23.6 Å². The van der Waals surface area contributed by atoms with Crippen LogP contribution < -0.4 is 0 Å². The molecule has 0 bridgehead atoms. The molecule has 0 N–H and O–H groups in total. The van der Waals surface area contributed by atoms with Crippen molar-refractivity contribution >= 4 is 39.3 Å². The molecule has 0 aliphatic carbocycles. The van der Waals surface area contributed by atoms with Crippen molar-refractivity contribution in [3.8, 4) is 0 Å². The smallest absolute Gasteiger partial charge is 0.145 e. The zero-order valence-corrected chi connectivity index (χ0v) is 25.6. The van der Waals surface area contributed by atoms with E-state index in [1.54, 1.807) is 25.1 Å². The number of hydrogen-bond donors (Lipinski definition) is 0. The second kappa shape index (κ2) is 14.3. The van der Waals surface area contributed by atoms with Gasteiger partial charge >= 0.3 is 0 Å². The third kappa shape index (κ3) is 9.76. The van der Waals surface area contributed by atoms with E-state index in [1.807, 2.05) is 20.8 Å². The van der Waals surface area contributed by atoms with E-state index in [9.17, 15) is 26.0 Å². The second-order valence-electron chi connectivity index (χ2n) is 11.1. The fourth-order valence-electron chi connectivity index (χ4n) is 3.79. The summed E-state index contributed by atoms with van der Waals surface area (Å²) in [4.78, 5) is 0. The van der Waals surface area contributed by atoms with Gasteiger partial charge < -0.3 is 0 Å². The molecule has 2 aromatic carbocycles. The first-order chi connectivity index (χ1) is 18.1. The van der Waals surface area contributed by atoms with Gasteiger partial charge in [0.1, 0.15) is 45.2 Å². The van der Waals surface area contributed by atoms with E-state index >= 15 is 0 Å². The summed E-state index contributed by atoms with van der Waals surface area (Å²) in [5.74, 6) is -1.64. The van der Waals surface area contributed by atoms with E-state index in [0.29, 0.717) is 37.3 Å². The Bertz CT molecular complexity index is 1210. The molecule has 1 saturated heterocycles. The third-order valence-electron chi connectivity index (χ3n) is 5.76. The first-order valence-electron chi connectivity index (χ1n) is 12.7. The normalized spacial score (nSPS) is 18.4. The first-order valence-corrected chi connectivity index (χ1v) is 15.5. The van der Waals surface area contributed by atoms with Crippen LogP contribution in [-0.4, -0.2) is 40.4 Å². The van der Waals surface area contributed by atoms with Gasteiger partial charge in [0.15, 0.2) is 0 Å². The average molecular weight is 609 g/mol. The van der Waals surface area contributed by atoms with Crippen molar-refractivity contribution in [3.05, 3.63) is 70.8 Å². The lowest BCUT2D eigenvalue weighted by molar-refractivity contribution is 0.401. The quantitative estimate of drug-likeness (QED) is 0.183. The predicted molar refractivity (Wildman–Crippen MR) is 154 cm³/mol. The molecule has 4 nitrogen and oxygen atoms in total. The van der Waals surface area contributed by atoms with E-state index in [1.165, 1.54) is 6.07 Å². The van der Waals surface area contributed by atoms with Crippen molar-refractivity contribution in [2.24, 2.45) is 4.40 Å². The van der Waals surface area contributed by atoms with Crippen LogP contribution in [-0.2, 0) is 22.0 Å². The lowest BCUT2D eigenvalue weighted by atomic mass is 10.0. The maximum Gasteiger partial charge on any atom is 0.145 e. The van der Waals surface area contributed by atoms with Crippen molar-refractivity contribution < 1.29 is 26.0 Å². The largest absolute Gasteiger partial charge is 0.242 e. The summed E-state index contributed by atoms with van der Waals surface area (Å²) in [7, 11) is -2.74. The zero-order chi connectivity index (χ0) is 29.5. The van der Waals surface area contributed by atoms with Gasteiger partial charge in [-0.3, -0.25) is 0 Å². The lowest BCUT2D eigenvalue weighted by Crippen LogP contribution is -2.37. The highest BCUT2D eigenvalue weighted by Crippen LogP contribution is 2.37. The third-order valence-corrected chi connectivity index (χ3v) is 9.37. The number of nitrogens with zero attached hydrogens (tertiary/aromatic N) is 2. The summed E-state index contributed by atoms with van der Waals surface area (Å²) in [5.41, 5.74) is 0.652. The van der Waals surface area contributed by atoms with Crippen molar-refractivity contribution in [3.63, 3.8) is 0 Å². The second-order valence-corrected chi connectivity index (χ2v) is 15.6.